The molecule has 1 aromatic carbocycles. The monoisotopic (exact) mass is 363 g/mol. The van der Waals surface area contributed by atoms with E-state index in [9.17, 15) is 4.79 Å². The molecule has 0 spiro atoms. The molecule has 0 radical (unpaired) electrons. The predicted octanol–water partition coefficient (Wildman–Crippen LogP) is 2.84. The van der Waals surface area contributed by atoms with Gasteiger partial charge in [-0.1, -0.05) is 31.2 Å². The lowest BCUT2D eigenvalue weighted by atomic mass is 10.1. The molecule has 1 amide bonds. The Kier molecular flexibility index (Phi) is 13.4. The minimum absolute atomic E-state index is 0. The maximum atomic E-state index is 11.9. The van der Waals surface area contributed by atoms with Crippen LogP contribution in [-0.2, 0) is 17.9 Å². The molecule has 4 nitrogen and oxygen atoms in total. The number of carbonyl (C=O) groups is 1. The first-order valence-electron chi connectivity index (χ1n) is 7.64. The highest BCUT2D eigenvalue weighted by Crippen LogP contribution is 2.09. The van der Waals surface area contributed by atoms with Crippen molar-refractivity contribution >= 4 is 30.7 Å². The first kappa shape index (κ1) is 24.4. The molecule has 1 aromatic rings. The van der Waals surface area contributed by atoms with Crippen LogP contribution < -0.4 is 10.6 Å². The second-order valence-electron chi connectivity index (χ2n) is 6.01. The van der Waals surface area contributed by atoms with E-state index in [-0.39, 0.29) is 36.6 Å². The summed E-state index contributed by atoms with van der Waals surface area (Å²) in [4.78, 5) is 14.2. The highest BCUT2D eigenvalue weighted by Gasteiger charge is 2.11. The zero-order chi connectivity index (χ0) is 15.8. The standard InChI is InChI=1S/C17H29N3O.2ClH/c1-13(2)20(5)12-16-8-6-7-15(9-16)11-19-17(21)14(3)10-18-4;;/h6-9,13-14,18H,10-12H2,1-5H3,(H,19,21);2*1H. The van der Waals surface area contributed by atoms with E-state index in [1.807, 2.05) is 14.0 Å². The van der Waals surface area contributed by atoms with Crippen molar-refractivity contribution in [2.24, 2.45) is 5.92 Å². The summed E-state index contributed by atoms with van der Waals surface area (Å²) in [5.74, 6) is 0.0827. The molecule has 1 rings (SSSR count). The molecular weight excluding hydrogens is 333 g/mol. The third kappa shape index (κ3) is 9.16. The third-order valence-corrected chi connectivity index (χ3v) is 3.73. The van der Waals surface area contributed by atoms with Gasteiger partial charge in [-0.05, 0) is 39.1 Å². The van der Waals surface area contributed by atoms with E-state index in [1.54, 1.807) is 0 Å². The average molecular weight is 364 g/mol. The van der Waals surface area contributed by atoms with Gasteiger partial charge in [-0.3, -0.25) is 9.69 Å². The summed E-state index contributed by atoms with van der Waals surface area (Å²) in [5, 5.41) is 6.02. The molecule has 0 saturated carbocycles. The van der Waals surface area contributed by atoms with Gasteiger partial charge in [0.05, 0.1) is 0 Å². The number of amides is 1. The Morgan fingerprint density at radius 1 is 1.17 bits per heavy atom. The fraction of sp³-hybridized carbons (Fsp3) is 0.588. The third-order valence-electron chi connectivity index (χ3n) is 3.73. The quantitative estimate of drug-likeness (QED) is 0.746. The van der Waals surface area contributed by atoms with E-state index in [0.717, 1.165) is 12.1 Å². The van der Waals surface area contributed by atoms with Gasteiger partial charge in [0.15, 0.2) is 0 Å². The lowest BCUT2D eigenvalue weighted by Crippen LogP contribution is -2.33. The lowest BCUT2D eigenvalue weighted by Gasteiger charge is -2.21. The van der Waals surface area contributed by atoms with E-state index in [2.05, 4.69) is 60.7 Å². The number of hydrogen-bond donors (Lipinski definition) is 2. The fourth-order valence-corrected chi connectivity index (χ4v) is 2.07. The van der Waals surface area contributed by atoms with Gasteiger partial charge in [0.2, 0.25) is 5.91 Å². The van der Waals surface area contributed by atoms with E-state index < -0.39 is 0 Å². The molecule has 0 fully saturated rings. The minimum atomic E-state index is -0.00902. The summed E-state index contributed by atoms with van der Waals surface area (Å²) in [5.41, 5.74) is 2.43. The molecule has 0 aliphatic rings. The summed E-state index contributed by atoms with van der Waals surface area (Å²) in [7, 11) is 3.98. The molecule has 0 aliphatic heterocycles. The van der Waals surface area contributed by atoms with Crippen LogP contribution in [0.5, 0.6) is 0 Å². The van der Waals surface area contributed by atoms with Crippen LogP contribution in [0, 0.1) is 5.92 Å². The van der Waals surface area contributed by atoms with Gasteiger partial charge in [0, 0.05) is 31.6 Å². The zero-order valence-corrected chi connectivity index (χ0v) is 16.4. The van der Waals surface area contributed by atoms with Crippen LogP contribution in [-0.4, -0.2) is 37.5 Å². The largest absolute Gasteiger partial charge is 0.352 e. The van der Waals surface area contributed by atoms with Crippen LogP contribution in [0.1, 0.15) is 31.9 Å². The maximum Gasteiger partial charge on any atom is 0.224 e. The summed E-state index contributed by atoms with van der Waals surface area (Å²) < 4.78 is 0. The number of carbonyl (C=O) groups excluding carboxylic acids is 1. The van der Waals surface area contributed by atoms with Gasteiger partial charge >= 0.3 is 0 Å². The van der Waals surface area contributed by atoms with Crippen LogP contribution in [0.2, 0.25) is 0 Å². The van der Waals surface area contributed by atoms with Crippen molar-refractivity contribution in [1.82, 2.24) is 15.5 Å². The normalized spacial score (nSPS) is 11.6. The predicted molar refractivity (Wildman–Crippen MR) is 102 cm³/mol. The van der Waals surface area contributed by atoms with Gasteiger partial charge in [-0.2, -0.15) is 0 Å². The number of benzene rings is 1. The van der Waals surface area contributed by atoms with Crippen molar-refractivity contribution in [2.75, 3.05) is 20.6 Å². The van der Waals surface area contributed by atoms with Gasteiger partial charge in [0.1, 0.15) is 0 Å². The Morgan fingerprint density at radius 2 is 1.78 bits per heavy atom. The highest BCUT2D eigenvalue weighted by atomic mass is 35.5. The first-order valence-corrected chi connectivity index (χ1v) is 7.64. The van der Waals surface area contributed by atoms with Crippen molar-refractivity contribution < 1.29 is 4.79 Å². The number of nitrogens with zero attached hydrogens (tertiary/aromatic N) is 1. The summed E-state index contributed by atoms with van der Waals surface area (Å²) in [6.07, 6.45) is 0. The Hall–Kier alpha value is -0.810. The maximum absolute atomic E-state index is 11.9. The van der Waals surface area contributed by atoms with Crippen molar-refractivity contribution in [3.05, 3.63) is 35.4 Å². The second-order valence-corrected chi connectivity index (χ2v) is 6.01. The number of rotatable bonds is 8. The number of halogens is 2. The Balaban J connectivity index is 0. The summed E-state index contributed by atoms with van der Waals surface area (Å²) in [6.45, 7) is 8.52. The second kappa shape index (κ2) is 12.6. The molecule has 0 heterocycles. The van der Waals surface area contributed by atoms with Crippen molar-refractivity contribution in [3.63, 3.8) is 0 Å². The molecule has 0 saturated heterocycles. The first-order chi connectivity index (χ1) is 9.93. The fourth-order valence-electron chi connectivity index (χ4n) is 2.07. The number of nitrogens with one attached hydrogen (secondary N) is 2. The molecular formula is C17H31Cl2N3O. The van der Waals surface area contributed by atoms with E-state index in [0.29, 0.717) is 19.1 Å². The SMILES string of the molecule is CNCC(C)C(=O)NCc1cccc(CN(C)C(C)C)c1.Cl.Cl. The molecule has 6 heteroatoms. The Bertz CT molecular complexity index is 455. The van der Waals surface area contributed by atoms with Crippen LogP contribution in [0.3, 0.4) is 0 Å². The molecule has 2 N–H and O–H groups in total. The molecule has 0 aromatic heterocycles. The van der Waals surface area contributed by atoms with Gasteiger partial charge in [0.25, 0.3) is 0 Å². The van der Waals surface area contributed by atoms with Crippen LogP contribution in [0.4, 0.5) is 0 Å². The lowest BCUT2D eigenvalue weighted by molar-refractivity contribution is -0.124. The van der Waals surface area contributed by atoms with Crippen molar-refractivity contribution in [2.45, 2.75) is 39.9 Å². The molecule has 23 heavy (non-hydrogen) atoms. The summed E-state index contributed by atoms with van der Waals surface area (Å²) in [6, 6.07) is 8.94. The summed E-state index contributed by atoms with van der Waals surface area (Å²) >= 11 is 0. The van der Waals surface area contributed by atoms with Gasteiger partial charge in [-0.15, -0.1) is 24.8 Å². The molecule has 134 valence electrons. The van der Waals surface area contributed by atoms with E-state index in [4.69, 9.17) is 0 Å². The minimum Gasteiger partial charge on any atom is -0.352 e. The Labute approximate surface area is 153 Å². The van der Waals surface area contributed by atoms with Crippen LogP contribution in [0.15, 0.2) is 24.3 Å². The van der Waals surface area contributed by atoms with Gasteiger partial charge in [-0.25, -0.2) is 0 Å². The Morgan fingerprint density at radius 3 is 2.35 bits per heavy atom. The average Bonchev–Trinajstić information content (AvgIpc) is 2.45. The van der Waals surface area contributed by atoms with E-state index in [1.165, 1.54) is 5.56 Å². The van der Waals surface area contributed by atoms with Crippen molar-refractivity contribution in [1.29, 1.82) is 0 Å². The molecule has 1 atom stereocenters. The smallest absolute Gasteiger partial charge is 0.224 e. The zero-order valence-electron chi connectivity index (χ0n) is 14.8. The number of hydrogen-bond acceptors (Lipinski definition) is 3. The molecule has 0 bridgehead atoms. The molecule has 1 unspecified atom stereocenters. The highest BCUT2D eigenvalue weighted by molar-refractivity contribution is 5.85. The van der Waals surface area contributed by atoms with Gasteiger partial charge < -0.3 is 10.6 Å². The van der Waals surface area contributed by atoms with Crippen LogP contribution >= 0.6 is 24.8 Å². The van der Waals surface area contributed by atoms with E-state index >= 15 is 0 Å². The van der Waals surface area contributed by atoms with Crippen molar-refractivity contribution in [3.8, 4) is 0 Å². The topological polar surface area (TPSA) is 44.4 Å². The molecule has 0 aliphatic carbocycles. The van der Waals surface area contributed by atoms with Crippen LogP contribution in [0.25, 0.3) is 0 Å².